The standard InChI is InChI=1S/C19H31NO2S/c1-3-4-5-6-7-10-15-23(2)16-11-14-20-19(22)17-12-8-9-13-18(17)21/h8-9,12-13H,3-7,10-11,14-16H2,1-2H3,(H-,20,21,22)/p+1. The van der Waals surface area contributed by atoms with Gasteiger partial charge in [-0.1, -0.05) is 44.7 Å². The van der Waals surface area contributed by atoms with E-state index in [-0.39, 0.29) is 11.7 Å². The van der Waals surface area contributed by atoms with E-state index in [4.69, 9.17) is 0 Å². The Bertz CT molecular complexity index is 451. The summed E-state index contributed by atoms with van der Waals surface area (Å²) in [4.78, 5) is 11.9. The van der Waals surface area contributed by atoms with Crippen LogP contribution in [0.2, 0.25) is 0 Å². The third kappa shape index (κ3) is 8.89. The molecule has 1 atom stereocenters. The van der Waals surface area contributed by atoms with Crippen molar-refractivity contribution in [1.29, 1.82) is 0 Å². The summed E-state index contributed by atoms with van der Waals surface area (Å²) in [5.41, 5.74) is 0.357. The number of hydrogen-bond donors (Lipinski definition) is 2. The molecule has 0 saturated carbocycles. The Morgan fingerprint density at radius 1 is 1.04 bits per heavy atom. The number of benzene rings is 1. The van der Waals surface area contributed by atoms with Crippen LogP contribution in [0, 0.1) is 0 Å². The molecule has 0 heterocycles. The molecule has 0 aliphatic carbocycles. The molecule has 0 fully saturated rings. The van der Waals surface area contributed by atoms with Gasteiger partial charge in [-0.05, 0) is 35.9 Å². The minimum Gasteiger partial charge on any atom is -0.507 e. The van der Waals surface area contributed by atoms with Crippen LogP contribution in [0.5, 0.6) is 5.75 Å². The molecule has 0 spiro atoms. The van der Waals surface area contributed by atoms with Crippen molar-refractivity contribution < 1.29 is 9.90 Å². The number of carbonyl (C=O) groups is 1. The van der Waals surface area contributed by atoms with E-state index in [9.17, 15) is 9.90 Å². The number of hydrogen-bond acceptors (Lipinski definition) is 2. The molecule has 1 aromatic rings. The molecular formula is C19H32NO2S+. The summed E-state index contributed by atoms with van der Waals surface area (Å²) in [7, 11) is 0.458. The van der Waals surface area contributed by atoms with E-state index < -0.39 is 0 Å². The Hall–Kier alpha value is -1.16. The minimum absolute atomic E-state index is 0.0447. The Kier molecular flexibility index (Phi) is 10.6. The topological polar surface area (TPSA) is 49.3 Å². The summed E-state index contributed by atoms with van der Waals surface area (Å²) in [6, 6.07) is 6.67. The molecule has 2 N–H and O–H groups in total. The van der Waals surface area contributed by atoms with Gasteiger partial charge < -0.3 is 10.4 Å². The van der Waals surface area contributed by atoms with Crippen LogP contribution in [0.1, 0.15) is 62.2 Å². The van der Waals surface area contributed by atoms with Crippen molar-refractivity contribution in [2.24, 2.45) is 0 Å². The molecule has 1 unspecified atom stereocenters. The molecule has 130 valence electrons. The quantitative estimate of drug-likeness (QED) is 0.445. The normalized spacial score (nSPS) is 12.1. The first kappa shape index (κ1) is 19.9. The number of para-hydroxylation sites is 1. The predicted octanol–water partition coefficient (Wildman–Crippen LogP) is 4.12. The van der Waals surface area contributed by atoms with Gasteiger partial charge in [0.1, 0.15) is 17.3 Å². The summed E-state index contributed by atoms with van der Waals surface area (Å²) < 4.78 is 0. The second kappa shape index (κ2) is 12.3. The van der Waals surface area contributed by atoms with Crippen molar-refractivity contribution in [3.63, 3.8) is 0 Å². The van der Waals surface area contributed by atoms with E-state index in [0.717, 1.165) is 6.42 Å². The van der Waals surface area contributed by atoms with Gasteiger partial charge in [-0.15, -0.1) is 0 Å². The first-order valence-corrected chi connectivity index (χ1v) is 10.8. The summed E-state index contributed by atoms with van der Waals surface area (Å²) in [6.45, 7) is 2.93. The van der Waals surface area contributed by atoms with E-state index in [0.29, 0.717) is 23.0 Å². The summed E-state index contributed by atoms with van der Waals surface area (Å²) in [5, 5.41) is 12.5. The highest BCUT2D eigenvalue weighted by Gasteiger charge is 2.12. The molecule has 0 radical (unpaired) electrons. The van der Waals surface area contributed by atoms with Crippen LogP contribution in [-0.2, 0) is 10.9 Å². The van der Waals surface area contributed by atoms with Crippen LogP contribution in [0.25, 0.3) is 0 Å². The average molecular weight is 339 g/mol. The maximum atomic E-state index is 11.9. The van der Waals surface area contributed by atoms with Crippen molar-refractivity contribution >= 4 is 16.8 Å². The van der Waals surface area contributed by atoms with Crippen LogP contribution < -0.4 is 5.32 Å². The summed E-state index contributed by atoms with van der Waals surface area (Å²) in [5.74, 6) is 2.36. The smallest absolute Gasteiger partial charge is 0.255 e. The lowest BCUT2D eigenvalue weighted by molar-refractivity contribution is 0.0951. The van der Waals surface area contributed by atoms with Gasteiger partial charge >= 0.3 is 0 Å². The zero-order valence-electron chi connectivity index (χ0n) is 14.6. The number of aromatic hydroxyl groups is 1. The molecule has 23 heavy (non-hydrogen) atoms. The van der Waals surface area contributed by atoms with Crippen molar-refractivity contribution in [2.45, 2.75) is 51.9 Å². The molecule has 0 bridgehead atoms. The number of phenolic OH excluding ortho intramolecular Hbond substituents is 1. The third-order valence-corrected chi connectivity index (χ3v) is 5.92. The Morgan fingerprint density at radius 2 is 1.70 bits per heavy atom. The highest BCUT2D eigenvalue weighted by Crippen LogP contribution is 2.15. The van der Waals surface area contributed by atoms with Crippen LogP contribution in [0.4, 0.5) is 0 Å². The molecule has 0 saturated heterocycles. The lowest BCUT2D eigenvalue weighted by Crippen LogP contribution is -2.26. The van der Waals surface area contributed by atoms with Crippen LogP contribution in [0.3, 0.4) is 0 Å². The van der Waals surface area contributed by atoms with Gasteiger partial charge in [-0.3, -0.25) is 4.79 Å². The first-order chi connectivity index (χ1) is 11.1. The highest BCUT2D eigenvalue weighted by atomic mass is 32.2. The summed E-state index contributed by atoms with van der Waals surface area (Å²) in [6.07, 6.45) is 11.5. The molecule has 0 aromatic heterocycles. The van der Waals surface area contributed by atoms with Gasteiger partial charge in [-0.25, -0.2) is 0 Å². The fourth-order valence-corrected chi connectivity index (χ4v) is 4.05. The second-order valence-corrected chi connectivity index (χ2v) is 8.46. The highest BCUT2D eigenvalue weighted by molar-refractivity contribution is 7.96. The Balaban J connectivity index is 2.06. The average Bonchev–Trinajstić information content (AvgIpc) is 2.55. The zero-order chi connectivity index (χ0) is 16.9. The molecule has 3 nitrogen and oxygen atoms in total. The van der Waals surface area contributed by atoms with Crippen LogP contribution in [0.15, 0.2) is 24.3 Å². The van der Waals surface area contributed by atoms with Gasteiger partial charge in [0, 0.05) is 13.0 Å². The van der Waals surface area contributed by atoms with Crippen LogP contribution in [-0.4, -0.2) is 35.3 Å². The number of unbranched alkanes of at least 4 members (excludes halogenated alkanes) is 5. The van der Waals surface area contributed by atoms with Gasteiger partial charge in [0.2, 0.25) is 0 Å². The number of phenols is 1. The van der Waals surface area contributed by atoms with Crippen molar-refractivity contribution in [1.82, 2.24) is 5.32 Å². The fraction of sp³-hybridized carbons (Fsp3) is 0.632. The number of amides is 1. The molecule has 1 rings (SSSR count). The van der Waals surface area contributed by atoms with Crippen molar-refractivity contribution in [3.05, 3.63) is 29.8 Å². The molecule has 4 heteroatoms. The third-order valence-electron chi connectivity index (χ3n) is 3.95. The van der Waals surface area contributed by atoms with E-state index in [1.807, 2.05) is 0 Å². The number of carbonyl (C=O) groups excluding carboxylic acids is 1. The largest absolute Gasteiger partial charge is 0.507 e. The van der Waals surface area contributed by atoms with Gasteiger partial charge in [0.15, 0.2) is 0 Å². The first-order valence-electron chi connectivity index (χ1n) is 8.80. The van der Waals surface area contributed by atoms with E-state index in [2.05, 4.69) is 18.5 Å². The second-order valence-electron chi connectivity index (χ2n) is 6.08. The monoisotopic (exact) mass is 338 g/mol. The van der Waals surface area contributed by atoms with Gasteiger partial charge in [-0.2, -0.15) is 0 Å². The van der Waals surface area contributed by atoms with E-state index >= 15 is 0 Å². The van der Waals surface area contributed by atoms with Crippen molar-refractivity contribution in [2.75, 3.05) is 24.3 Å². The summed E-state index contributed by atoms with van der Waals surface area (Å²) >= 11 is 0. The Morgan fingerprint density at radius 3 is 2.43 bits per heavy atom. The lowest BCUT2D eigenvalue weighted by Gasteiger charge is -2.07. The molecule has 1 aromatic carbocycles. The molecule has 0 aliphatic rings. The SMILES string of the molecule is CCCCCCCC[S+](C)CCCNC(=O)c1ccccc1O. The maximum Gasteiger partial charge on any atom is 0.255 e. The van der Waals surface area contributed by atoms with E-state index in [1.54, 1.807) is 24.3 Å². The van der Waals surface area contributed by atoms with E-state index in [1.165, 1.54) is 50.0 Å². The molecular weight excluding hydrogens is 306 g/mol. The van der Waals surface area contributed by atoms with Gasteiger partial charge in [0.25, 0.3) is 5.91 Å². The van der Waals surface area contributed by atoms with Crippen molar-refractivity contribution in [3.8, 4) is 5.75 Å². The maximum absolute atomic E-state index is 11.9. The number of rotatable bonds is 12. The molecule has 1 amide bonds. The zero-order valence-corrected chi connectivity index (χ0v) is 15.5. The van der Waals surface area contributed by atoms with Gasteiger partial charge in [0.05, 0.1) is 11.8 Å². The molecule has 0 aliphatic heterocycles. The van der Waals surface area contributed by atoms with Crippen LogP contribution >= 0.6 is 0 Å². The fourth-order valence-electron chi connectivity index (χ4n) is 2.51. The minimum atomic E-state index is -0.185. The lowest BCUT2D eigenvalue weighted by atomic mass is 10.1. The number of nitrogens with one attached hydrogen (secondary N) is 1. The predicted molar refractivity (Wildman–Crippen MR) is 101 cm³/mol. The Labute approximate surface area is 144 Å².